The molecule has 0 N–H and O–H groups in total. The normalized spacial score (nSPS) is 23.2. The summed E-state index contributed by atoms with van der Waals surface area (Å²) in [5, 5.41) is 9.20. The van der Waals surface area contributed by atoms with Crippen LogP contribution in [-0.2, 0) is 23.0 Å². The molecule has 1 spiro atoms. The Morgan fingerprint density at radius 1 is 1.42 bits per heavy atom. The van der Waals surface area contributed by atoms with Crippen molar-refractivity contribution >= 4 is 17.7 Å². The van der Waals surface area contributed by atoms with Crippen LogP contribution in [0.25, 0.3) is 0 Å². The maximum absolute atomic E-state index is 12.8. The fourth-order valence-electron chi connectivity index (χ4n) is 3.77. The van der Waals surface area contributed by atoms with Gasteiger partial charge in [-0.3, -0.25) is 4.79 Å². The van der Waals surface area contributed by atoms with Gasteiger partial charge in [-0.05, 0) is 30.9 Å². The van der Waals surface area contributed by atoms with Crippen LogP contribution in [0.15, 0.2) is 35.7 Å². The minimum absolute atomic E-state index is 0.0109. The van der Waals surface area contributed by atoms with E-state index in [4.69, 9.17) is 4.74 Å². The number of aryl methyl sites for hydroxylation is 1. The van der Waals surface area contributed by atoms with Crippen LogP contribution >= 0.6 is 11.8 Å². The molecule has 1 amide bonds. The van der Waals surface area contributed by atoms with Gasteiger partial charge in [0, 0.05) is 25.4 Å². The van der Waals surface area contributed by atoms with Crippen LogP contribution in [0, 0.1) is 0 Å². The topological polar surface area (TPSA) is 60.2 Å². The number of benzene rings is 1. The number of ether oxygens (including phenoxy) is 1. The number of rotatable bonds is 5. The van der Waals surface area contributed by atoms with Crippen molar-refractivity contribution < 1.29 is 9.53 Å². The molecule has 0 saturated carbocycles. The van der Waals surface area contributed by atoms with E-state index in [1.165, 1.54) is 5.56 Å². The van der Waals surface area contributed by atoms with Gasteiger partial charge < -0.3 is 14.2 Å². The van der Waals surface area contributed by atoms with Crippen molar-refractivity contribution in [2.24, 2.45) is 7.05 Å². The zero-order chi connectivity index (χ0) is 18.1. The largest absolute Gasteiger partial charge is 0.379 e. The smallest absolute Gasteiger partial charge is 0.227 e. The second kappa shape index (κ2) is 7.04. The first kappa shape index (κ1) is 17.5. The summed E-state index contributed by atoms with van der Waals surface area (Å²) in [6, 6.07) is 8.33. The second-order valence-electron chi connectivity index (χ2n) is 7.23. The Kier molecular flexibility index (Phi) is 4.75. The number of amides is 1. The number of aromatic nitrogens is 3. The lowest BCUT2D eigenvalue weighted by atomic mass is 9.83. The highest BCUT2D eigenvalue weighted by molar-refractivity contribution is 7.99. The predicted octanol–water partition coefficient (Wildman–Crippen LogP) is 2.60. The maximum Gasteiger partial charge on any atom is 0.227 e. The van der Waals surface area contributed by atoms with Gasteiger partial charge in [-0.15, -0.1) is 10.2 Å². The standard InChI is InChI=1S/C19H24N4O2S/c1-14(26-18-21-20-13-22(18)2)16-5-3-4-15(10-16)11-17(24)23-8-6-19(23)7-9-25-12-19/h3-5,10,13-14H,6-9,11-12H2,1-2H3/t14-,19?/m0/s1. The minimum Gasteiger partial charge on any atom is -0.379 e. The van der Waals surface area contributed by atoms with Crippen LogP contribution in [0.5, 0.6) is 0 Å². The number of hydrogen-bond donors (Lipinski definition) is 0. The molecule has 138 valence electrons. The molecular formula is C19H24N4O2S. The number of hydrogen-bond acceptors (Lipinski definition) is 5. The lowest BCUT2D eigenvalue weighted by molar-refractivity contribution is -0.146. The van der Waals surface area contributed by atoms with E-state index in [1.807, 2.05) is 28.6 Å². The molecule has 3 heterocycles. The summed E-state index contributed by atoms with van der Waals surface area (Å²) < 4.78 is 7.45. The maximum atomic E-state index is 12.8. The summed E-state index contributed by atoms with van der Waals surface area (Å²) in [6.07, 6.45) is 4.21. The Morgan fingerprint density at radius 2 is 2.31 bits per heavy atom. The highest BCUT2D eigenvalue weighted by Crippen LogP contribution is 2.38. The molecule has 0 bridgehead atoms. The highest BCUT2D eigenvalue weighted by atomic mass is 32.2. The number of nitrogens with zero attached hydrogens (tertiary/aromatic N) is 4. The van der Waals surface area contributed by atoms with E-state index in [0.717, 1.165) is 36.7 Å². The summed E-state index contributed by atoms with van der Waals surface area (Å²) in [4.78, 5) is 14.8. The second-order valence-corrected chi connectivity index (χ2v) is 8.54. The molecule has 26 heavy (non-hydrogen) atoms. The van der Waals surface area contributed by atoms with E-state index in [0.29, 0.717) is 13.0 Å². The molecule has 0 radical (unpaired) electrons. The Labute approximate surface area is 157 Å². The lowest BCUT2D eigenvalue weighted by Crippen LogP contribution is -2.62. The van der Waals surface area contributed by atoms with E-state index in [9.17, 15) is 4.79 Å². The predicted molar refractivity (Wildman–Crippen MR) is 99.9 cm³/mol. The number of carbonyl (C=O) groups excluding carboxylic acids is 1. The van der Waals surface area contributed by atoms with Crippen LogP contribution in [0.4, 0.5) is 0 Å². The van der Waals surface area contributed by atoms with Crippen molar-refractivity contribution in [1.82, 2.24) is 19.7 Å². The first-order valence-electron chi connectivity index (χ1n) is 9.05. The van der Waals surface area contributed by atoms with Gasteiger partial charge in [0.2, 0.25) is 5.91 Å². The van der Waals surface area contributed by atoms with E-state index < -0.39 is 0 Å². The van der Waals surface area contributed by atoms with Gasteiger partial charge in [0.25, 0.3) is 0 Å². The third kappa shape index (κ3) is 3.25. The van der Waals surface area contributed by atoms with Gasteiger partial charge in [0.15, 0.2) is 5.16 Å². The average molecular weight is 372 g/mol. The van der Waals surface area contributed by atoms with Crippen molar-refractivity contribution in [3.8, 4) is 0 Å². The molecule has 4 rings (SSSR count). The molecule has 2 fully saturated rings. The minimum atomic E-state index is -0.0109. The van der Waals surface area contributed by atoms with Gasteiger partial charge >= 0.3 is 0 Å². The van der Waals surface area contributed by atoms with Crippen molar-refractivity contribution in [3.05, 3.63) is 41.7 Å². The fourth-order valence-corrected chi connectivity index (χ4v) is 4.67. The molecular weight excluding hydrogens is 348 g/mol. The van der Waals surface area contributed by atoms with Crippen LogP contribution in [0.2, 0.25) is 0 Å². The quantitative estimate of drug-likeness (QED) is 0.755. The van der Waals surface area contributed by atoms with Crippen LogP contribution < -0.4 is 0 Å². The van der Waals surface area contributed by atoms with Crippen molar-refractivity contribution in [1.29, 1.82) is 0 Å². The molecule has 1 unspecified atom stereocenters. The van der Waals surface area contributed by atoms with Gasteiger partial charge in [-0.25, -0.2) is 0 Å². The Hall–Kier alpha value is -1.86. The third-order valence-electron chi connectivity index (χ3n) is 5.48. The number of thioether (sulfide) groups is 1. The van der Waals surface area contributed by atoms with Crippen LogP contribution in [0.1, 0.15) is 36.1 Å². The highest BCUT2D eigenvalue weighted by Gasteiger charge is 2.49. The monoisotopic (exact) mass is 372 g/mol. The molecule has 2 aliphatic heterocycles. The molecule has 1 aromatic heterocycles. The third-order valence-corrected chi connectivity index (χ3v) is 6.69. The number of carbonyl (C=O) groups is 1. The van der Waals surface area contributed by atoms with E-state index in [-0.39, 0.29) is 16.7 Å². The zero-order valence-corrected chi connectivity index (χ0v) is 16.0. The van der Waals surface area contributed by atoms with E-state index in [1.54, 1.807) is 18.1 Å². The van der Waals surface area contributed by atoms with Crippen molar-refractivity contribution in [3.63, 3.8) is 0 Å². The van der Waals surface area contributed by atoms with Crippen molar-refractivity contribution in [2.75, 3.05) is 19.8 Å². The molecule has 6 nitrogen and oxygen atoms in total. The molecule has 2 aromatic rings. The Balaban J connectivity index is 1.42. The molecule has 2 aliphatic rings. The molecule has 2 atom stereocenters. The van der Waals surface area contributed by atoms with E-state index >= 15 is 0 Å². The van der Waals surface area contributed by atoms with Gasteiger partial charge in [0.1, 0.15) is 6.33 Å². The summed E-state index contributed by atoms with van der Waals surface area (Å²) in [5.41, 5.74) is 2.26. The summed E-state index contributed by atoms with van der Waals surface area (Å²) in [5.74, 6) is 0.215. The Morgan fingerprint density at radius 3 is 2.96 bits per heavy atom. The first-order valence-corrected chi connectivity index (χ1v) is 9.93. The fraction of sp³-hybridized carbons (Fsp3) is 0.526. The van der Waals surface area contributed by atoms with E-state index in [2.05, 4.69) is 29.3 Å². The average Bonchev–Trinajstić information content (AvgIpc) is 3.25. The summed E-state index contributed by atoms with van der Waals surface area (Å²) in [7, 11) is 1.94. The number of likely N-dealkylation sites (tertiary alicyclic amines) is 1. The summed E-state index contributed by atoms with van der Waals surface area (Å²) >= 11 is 1.67. The first-order chi connectivity index (χ1) is 12.6. The van der Waals surface area contributed by atoms with Gasteiger partial charge in [-0.2, -0.15) is 0 Å². The molecule has 0 aliphatic carbocycles. The molecule has 1 aromatic carbocycles. The van der Waals surface area contributed by atoms with Crippen molar-refractivity contribution in [2.45, 2.75) is 42.1 Å². The zero-order valence-electron chi connectivity index (χ0n) is 15.2. The molecule has 2 saturated heterocycles. The van der Waals surface area contributed by atoms with Crippen LogP contribution in [0.3, 0.4) is 0 Å². The SMILES string of the molecule is C[C@H](Sc1nncn1C)c1cccc(CC(=O)N2CCC23CCOC3)c1. The Bertz CT molecular complexity index is 800. The molecule has 7 heteroatoms. The lowest BCUT2D eigenvalue weighted by Gasteiger charge is -2.50. The van der Waals surface area contributed by atoms with Gasteiger partial charge in [0.05, 0.1) is 18.6 Å². The van der Waals surface area contributed by atoms with Gasteiger partial charge in [-0.1, -0.05) is 36.0 Å². The summed E-state index contributed by atoms with van der Waals surface area (Å²) in [6.45, 7) is 4.49. The van der Waals surface area contributed by atoms with Crippen LogP contribution in [-0.4, -0.2) is 50.9 Å².